The van der Waals surface area contributed by atoms with Gasteiger partial charge in [0.05, 0.1) is 9.21 Å². The SMILES string of the molecule is CN(CCCC(=O)O)C(=O)c1csc(-c2ccc(Cl)s2)n1. The molecule has 0 aliphatic heterocycles. The summed E-state index contributed by atoms with van der Waals surface area (Å²) < 4.78 is 0.680. The molecule has 2 aromatic rings. The van der Waals surface area contributed by atoms with E-state index in [1.807, 2.05) is 6.07 Å². The van der Waals surface area contributed by atoms with Crippen molar-refractivity contribution in [3.63, 3.8) is 0 Å². The smallest absolute Gasteiger partial charge is 0.303 e. The summed E-state index contributed by atoms with van der Waals surface area (Å²) in [7, 11) is 1.64. The van der Waals surface area contributed by atoms with Crippen molar-refractivity contribution >= 4 is 46.2 Å². The third-order valence-corrected chi connectivity index (χ3v) is 4.98. The molecule has 0 bridgehead atoms. The number of thiophene rings is 1. The Labute approximate surface area is 134 Å². The quantitative estimate of drug-likeness (QED) is 0.871. The van der Waals surface area contributed by atoms with E-state index in [1.54, 1.807) is 18.5 Å². The first kappa shape index (κ1) is 15.9. The van der Waals surface area contributed by atoms with Crippen molar-refractivity contribution in [1.82, 2.24) is 9.88 Å². The number of carbonyl (C=O) groups excluding carboxylic acids is 1. The van der Waals surface area contributed by atoms with Crippen LogP contribution in [0.4, 0.5) is 0 Å². The van der Waals surface area contributed by atoms with Gasteiger partial charge in [0.25, 0.3) is 5.91 Å². The van der Waals surface area contributed by atoms with E-state index in [9.17, 15) is 9.59 Å². The molecule has 21 heavy (non-hydrogen) atoms. The Balaban J connectivity index is 2.00. The van der Waals surface area contributed by atoms with Crippen molar-refractivity contribution in [3.8, 4) is 9.88 Å². The van der Waals surface area contributed by atoms with Crippen LogP contribution in [0.5, 0.6) is 0 Å². The number of halogens is 1. The number of hydrogen-bond donors (Lipinski definition) is 1. The van der Waals surface area contributed by atoms with Gasteiger partial charge in [-0.25, -0.2) is 4.98 Å². The van der Waals surface area contributed by atoms with E-state index < -0.39 is 5.97 Å². The van der Waals surface area contributed by atoms with E-state index in [2.05, 4.69) is 4.98 Å². The number of aromatic nitrogens is 1. The molecular formula is C13H13ClN2O3S2. The standard InChI is InChI=1S/C13H13ClN2O3S2/c1-16(6-2-3-11(17)18)13(19)8-7-20-12(15-8)9-4-5-10(14)21-9/h4-5,7H,2-3,6H2,1H3,(H,17,18). The predicted molar refractivity (Wildman–Crippen MR) is 84.3 cm³/mol. The second-order valence-corrected chi connectivity index (χ2v) is 6.94. The summed E-state index contributed by atoms with van der Waals surface area (Å²) in [6.07, 6.45) is 0.475. The molecule has 0 aromatic carbocycles. The minimum Gasteiger partial charge on any atom is -0.481 e. The first-order chi connectivity index (χ1) is 9.97. The van der Waals surface area contributed by atoms with Crippen molar-refractivity contribution in [3.05, 3.63) is 27.5 Å². The molecular weight excluding hydrogens is 332 g/mol. The van der Waals surface area contributed by atoms with Crippen molar-refractivity contribution in [2.45, 2.75) is 12.8 Å². The van der Waals surface area contributed by atoms with E-state index in [0.29, 0.717) is 23.0 Å². The lowest BCUT2D eigenvalue weighted by Crippen LogP contribution is -2.28. The summed E-state index contributed by atoms with van der Waals surface area (Å²) in [5.74, 6) is -1.06. The summed E-state index contributed by atoms with van der Waals surface area (Å²) in [4.78, 5) is 29.4. The van der Waals surface area contributed by atoms with Crippen LogP contribution in [0.15, 0.2) is 17.5 Å². The summed E-state index contributed by atoms with van der Waals surface area (Å²) >= 11 is 8.69. The fourth-order valence-corrected chi connectivity index (χ4v) is 3.59. The van der Waals surface area contributed by atoms with Crippen molar-refractivity contribution in [2.75, 3.05) is 13.6 Å². The fraction of sp³-hybridized carbons (Fsp3) is 0.308. The molecule has 2 rings (SSSR count). The van der Waals surface area contributed by atoms with Crippen molar-refractivity contribution < 1.29 is 14.7 Å². The minimum atomic E-state index is -0.860. The normalized spacial score (nSPS) is 10.6. The topological polar surface area (TPSA) is 70.5 Å². The van der Waals surface area contributed by atoms with Crippen LogP contribution in [0, 0.1) is 0 Å². The highest BCUT2D eigenvalue weighted by Gasteiger charge is 2.16. The molecule has 0 saturated heterocycles. The van der Waals surface area contributed by atoms with Crippen LogP contribution < -0.4 is 0 Å². The Morgan fingerprint density at radius 1 is 1.43 bits per heavy atom. The van der Waals surface area contributed by atoms with E-state index in [1.165, 1.54) is 27.6 Å². The second-order valence-electron chi connectivity index (χ2n) is 4.37. The molecule has 8 heteroatoms. The maximum atomic E-state index is 12.2. The number of rotatable bonds is 6. The first-order valence-electron chi connectivity index (χ1n) is 6.16. The average Bonchev–Trinajstić information content (AvgIpc) is 3.05. The second kappa shape index (κ2) is 7.02. The lowest BCUT2D eigenvalue weighted by Gasteiger charge is -2.14. The highest BCUT2D eigenvalue weighted by atomic mass is 35.5. The highest BCUT2D eigenvalue weighted by Crippen LogP contribution is 2.33. The Hall–Kier alpha value is -1.44. The van der Waals surface area contributed by atoms with Crippen molar-refractivity contribution in [1.29, 1.82) is 0 Å². The summed E-state index contributed by atoms with van der Waals surface area (Å²) in [6.45, 7) is 0.392. The summed E-state index contributed by atoms with van der Waals surface area (Å²) in [6, 6.07) is 3.67. The molecule has 0 spiro atoms. The van der Waals surface area contributed by atoms with Crippen LogP contribution >= 0.6 is 34.3 Å². The molecule has 0 radical (unpaired) electrons. The van der Waals surface area contributed by atoms with Gasteiger partial charge in [0.1, 0.15) is 10.7 Å². The molecule has 112 valence electrons. The number of hydrogen-bond acceptors (Lipinski definition) is 5. The van der Waals surface area contributed by atoms with E-state index in [-0.39, 0.29) is 12.3 Å². The number of amides is 1. The van der Waals surface area contributed by atoms with Gasteiger partial charge in [-0.2, -0.15) is 0 Å². The minimum absolute atomic E-state index is 0.0492. The van der Waals surface area contributed by atoms with Gasteiger partial charge in [0.15, 0.2) is 0 Å². The number of thiazole rings is 1. The third kappa shape index (κ3) is 4.26. The predicted octanol–water partition coefficient (Wildman–Crippen LogP) is 3.46. The van der Waals surface area contributed by atoms with E-state index in [0.717, 1.165) is 9.88 Å². The third-order valence-electron chi connectivity index (χ3n) is 2.74. The zero-order valence-corrected chi connectivity index (χ0v) is 13.6. The molecule has 0 saturated carbocycles. The molecule has 2 heterocycles. The molecule has 0 fully saturated rings. The van der Waals surface area contributed by atoms with Crippen LogP contribution in [-0.2, 0) is 4.79 Å². The monoisotopic (exact) mass is 344 g/mol. The van der Waals surface area contributed by atoms with Gasteiger partial charge in [0, 0.05) is 25.4 Å². The lowest BCUT2D eigenvalue weighted by molar-refractivity contribution is -0.137. The lowest BCUT2D eigenvalue weighted by atomic mass is 10.3. The molecule has 1 N–H and O–H groups in total. The van der Waals surface area contributed by atoms with Crippen LogP contribution in [0.25, 0.3) is 9.88 Å². The molecule has 1 amide bonds. The number of carboxylic acid groups (broad SMARTS) is 1. The number of nitrogens with zero attached hydrogens (tertiary/aromatic N) is 2. The van der Waals surface area contributed by atoms with Gasteiger partial charge in [0.2, 0.25) is 0 Å². The molecule has 0 aliphatic rings. The number of carbonyl (C=O) groups is 2. The average molecular weight is 345 g/mol. The number of aliphatic carboxylic acids is 1. The van der Waals surface area contributed by atoms with Crippen LogP contribution in [0.1, 0.15) is 23.3 Å². The van der Waals surface area contributed by atoms with Gasteiger partial charge in [-0.1, -0.05) is 11.6 Å². The van der Waals surface area contributed by atoms with E-state index >= 15 is 0 Å². The van der Waals surface area contributed by atoms with Crippen LogP contribution in [-0.4, -0.2) is 40.5 Å². The Morgan fingerprint density at radius 3 is 2.81 bits per heavy atom. The molecule has 0 aliphatic carbocycles. The van der Waals surface area contributed by atoms with Gasteiger partial charge >= 0.3 is 5.97 Å². The zero-order valence-electron chi connectivity index (χ0n) is 11.2. The summed E-state index contributed by atoms with van der Waals surface area (Å²) in [5.41, 5.74) is 0.373. The molecule has 5 nitrogen and oxygen atoms in total. The van der Waals surface area contributed by atoms with Gasteiger partial charge in [-0.05, 0) is 18.6 Å². The Bertz CT molecular complexity index is 653. The van der Waals surface area contributed by atoms with Gasteiger partial charge in [-0.3, -0.25) is 9.59 Å². The Kier molecular flexibility index (Phi) is 5.33. The van der Waals surface area contributed by atoms with Gasteiger partial charge < -0.3 is 10.0 Å². The number of carboxylic acids is 1. The highest BCUT2D eigenvalue weighted by molar-refractivity contribution is 7.23. The first-order valence-corrected chi connectivity index (χ1v) is 8.23. The molecule has 0 atom stereocenters. The fourth-order valence-electron chi connectivity index (χ4n) is 1.68. The van der Waals surface area contributed by atoms with Crippen LogP contribution in [0.2, 0.25) is 4.34 Å². The maximum Gasteiger partial charge on any atom is 0.303 e. The molecule has 0 unspecified atom stereocenters. The summed E-state index contributed by atoms with van der Waals surface area (Å²) in [5, 5.41) is 11.1. The zero-order chi connectivity index (χ0) is 15.4. The maximum absolute atomic E-state index is 12.2. The largest absolute Gasteiger partial charge is 0.481 e. The Morgan fingerprint density at radius 2 is 2.19 bits per heavy atom. The van der Waals surface area contributed by atoms with E-state index in [4.69, 9.17) is 16.7 Å². The van der Waals surface area contributed by atoms with Gasteiger partial charge in [-0.15, -0.1) is 22.7 Å². The van der Waals surface area contributed by atoms with Crippen molar-refractivity contribution in [2.24, 2.45) is 0 Å². The van der Waals surface area contributed by atoms with Crippen LogP contribution in [0.3, 0.4) is 0 Å². The molecule has 2 aromatic heterocycles.